The maximum absolute atomic E-state index is 12.2. The number of rotatable bonds is 2. The molecule has 4 nitrogen and oxygen atoms in total. The molecule has 2 saturated heterocycles. The fraction of sp³-hybridized carbons (Fsp3) is 0.917. The Bertz CT molecular complexity index is 248. The molecule has 100 valence electrons. The average molecular weight is 262 g/mol. The van der Waals surface area contributed by atoms with Crippen molar-refractivity contribution >= 4 is 18.3 Å². The van der Waals surface area contributed by atoms with Crippen molar-refractivity contribution in [1.82, 2.24) is 15.1 Å². The Morgan fingerprint density at radius 2 is 1.94 bits per heavy atom. The fourth-order valence-electron chi connectivity index (χ4n) is 2.72. The van der Waals surface area contributed by atoms with Crippen LogP contribution in [0.25, 0.3) is 0 Å². The van der Waals surface area contributed by atoms with Gasteiger partial charge in [-0.2, -0.15) is 0 Å². The number of carbonyl (C=O) groups is 1. The third kappa shape index (κ3) is 3.57. The molecule has 0 radical (unpaired) electrons. The molecule has 2 aliphatic heterocycles. The first-order valence-corrected chi connectivity index (χ1v) is 6.34. The third-order valence-electron chi connectivity index (χ3n) is 3.99. The molecule has 2 fully saturated rings. The van der Waals surface area contributed by atoms with Crippen LogP contribution >= 0.6 is 12.4 Å². The lowest BCUT2D eigenvalue weighted by molar-refractivity contribution is -0.136. The minimum absolute atomic E-state index is 0. The second-order valence-corrected chi connectivity index (χ2v) is 5.17. The first-order chi connectivity index (χ1) is 7.68. The summed E-state index contributed by atoms with van der Waals surface area (Å²) < 4.78 is 0. The summed E-state index contributed by atoms with van der Waals surface area (Å²) in [6.07, 6.45) is 3.26. The number of nitrogens with zero attached hydrogens (tertiary/aromatic N) is 2. The van der Waals surface area contributed by atoms with Crippen molar-refractivity contribution in [3.8, 4) is 0 Å². The number of amides is 1. The smallest absolute Gasteiger partial charge is 0.227 e. The standard InChI is InChI=1S/C12H23N3O.ClH/c1-14-7-4-11(5-8-14)15(2)12(16)10-3-6-13-9-10;/h10-11,13H,3-9H2,1-2H3;1H. The Morgan fingerprint density at radius 1 is 1.29 bits per heavy atom. The van der Waals surface area contributed by atoms with E-state index in [-0.39, 0.29) is 18.3 Å². The highest BCUT2D eigenvalue weighted by Crippen LogP contribution is 2.18. The zero-order valence-corrected chi connectivity index (χ0v) is 11.6. The van der Waals surface area contributed by atoms with Crippen LogP contribution < -0.4 is 5.32 Å². The van der Waals surface area contributed by atoms with Crippen molar-refractivity contribution in [2.75, 3.05) is 40.3 Å². The van der Waals surface area contributed by atoms with Crippen LogP contribution in [0.3, 0.4) is 0 Å². The first-order valence-electron chi connectivity index (χ1n) is 6.34. The van der Waals surface area contributed by atoms with E-state index < -0.39 is 0 Å². The third-order valence-corrected chi connectivity index (χ3v) is 3.99. The van der Waals surface area contributed by atoms with Crippen LogP contribution in [0.5, 0.6) is 0 Å². The summed E-state index contributed by atoms with van der Waals surface area (Å²) in [6.45, 7) is 4.10. The van der Waals surface area contributed by atoms with Crippen LogP contribution in [0.2, 0.25) is 0 Å². The van der Waals surface area contributed by atoms with Gasteiger partial charge in [-0.1, -0.05) is 0 Å². The van der Waals surface area contributed by atoms with E-state index >= 15 is 0 Å². The van der Waals surface area contributed by atoms with Gasteiger partial charge in [-0.25, -0.2) is 0 Å². The summed E-state index contributed by atoms with van der Waals surface area (Å²) in [7, 11) is 4.13. The van der Waals surface area contributed by atoms with Crippen molar-refractivity contribution in [3.05, 3.63) is 0 Å². The van der Waals surface area contributed by atoms with E-state index in [9.17, 15) is 4.79 Å². The van der Waals surface area contributed by atoms with Gasteiger partial charge in [-0.3, -0.25) is 4.79 Å². The lowest BCUT2D eigenvalue weighted by Gasteiger charge is -2.36. The summed E-state index contributed by atoms with van der Waals surface area (Å²) >= 11 is 0. The molecule has 17 heavy (non-hydrogen) atoms. The zero-order valence-electron chi connectivity index (χ0n) is 10.8. The van der Waals surface area contributed by atoms with Gasteiger partial charge in [0.05, 0.1) is 5.92 Å². The number of piperidine rings is 1. The lowest BCUT2D eigenvalue weighted by atomic mass is 10.0. The molecule has 2 aliphatic rings. The van der Waals surface area contributed by atoms with E-state index in [4.69, 9.17) is 0 Å². The van der Waals surface area contributed by atoms with Crippen molar-refractivity contribution in [1.29, 1.82) is 0 Å². The topological polar surface area (TPSA) is 35.6 Å². The molecule has 0 saturated carbocycles. The van der Waals surface area contributed by atoms with Gasteiger partial charge >= 0.3 is 0 Å². The highest BCUT2D eigenvalue weighted by Gasteiger charge is 2.30. The predicted molar refractivity (Wildman–Crippen MR) is 71.5 cm³/mol. The first kappa shape index (κ1) is 14.7. The van der Waals surface area contributed by atoms with Crippen molar-refractivity contribution in [2.24, 2.45) is 5.92 Å². The van der Waals surface area contributed by atoms with Gasteiger partial charge in [-0.15, -0.1) is 12.4 Å². The molecule has 0 spiro atoms. The van der Waals surface area contributed by atoms with E-state index in [0.29, 0.717) is 11.9 Å². The Labute approximate surface area is 110 Å². The van der Waals surface area contributed by atoms with Gasteiger partial charge in [0, 0.05) is 19.6 Å². The highest BCUT2D eigenvalue weighted by atomic mass is 35.5. The second kappa shape index (κ2) is 6.57. The van der Waals surface area contributed by atoms with Crippen LogP contribution in [0, 0.1) is 5.92 Å². The molecular formula is C12H24ClN3O. The highest BCUT2D eigenvalue weighted by molar-refractivity contribution is 5.85. The number of likely N-dealkylation sites (tertiary alicyclic amines) is 1. The lowest BCUT2D eigenvalue weighted by Crippen LogP contribution is -2.46. The molecule has 0 bridgehead atoms. The Morgan fingerprint density at radius 3 is 2.47 bits per heavy atom. The number of nitrogens with one attached hydrogen (secondary N) is 1. The van der Waals surface area contributed by atoms with E-state index in [0.717, 1.165) is 45.4 Å². The van der Waals surface area contributed by atoms with Crippen LogP contribution in [-0.4, -0.2) is 62.0 Å². The SMILES string of the molecule is CN1CCC(N(C)C(=O)C2CCNC2)CC1.Cl. The Kier molecular flexibility index (Phi) is 5.70. The summed E-state index contributed by atoms with van der Waals surface area (Å²) in [6, 6.07) is 0.462. The molecule has 0 aromatic rings. The number of carbonyl (C=O) groups excluding carboxylic acids is 1. The molecule has 1 amide bonds. The van der Waals surface area contributed by atoms with Crippen molar-refractivity contribution < 1.29 is 4.79 Å². The minimum Gasteiger partial charge on any atom is -0.342 e. The quantitative estimate of drug-likeness (QED) is 0.790. The second-order valence-electron chi connectivity index (χ2n) is 5.17. The van der Waals surface area contributed by atoms with Gasteiger partial charge in [0.2, 0.25) is 5.91 Å². The monoisotopic (exact) mass is 261 g/mol. The molecule has 5 heteroatoms. The van der Waals surface area contributed by atoms with Gasteiger partial charge in [0.25, 0.3) is 0 Å². The Hall–Kier alpha value is -0.320. The Balaban J connectivity index is 0.00000144. The molecular weight excluding hydrogens is 238 g/mol. The van der Waals surface area contributed by atoms with Gasteiger partial charge in [0.1, 0.15) is 0 Å². The molecule has 2 heterocycles. The average Bonchev–Trinajstić information content (AvgIpc) is 2.81. The number of hydrogen-bond acceptors (Lipinski definition) is 3. The number of hydrogen-bond donors (Lipinski definition) is 1. The van der Waals surface area contributed by atoms with E-state index in [1.54, 1.807) is 0 Å². The summed E-state index contributed by atoms with van der Waals surface area (Å²) in [5.74, 6) is 0.573. The van der Waals surface area contributed by atoms with Crippen LogP contribution in [-0.2, 0) is 4.79 Å². The van der Waals surface area contributed by atoms with E-state index in [1.807, 2.05) is 11.9 Å². The summed E-state index contributed by atoms with van der Waals surface area (Å²) in [5.41, 5.74) is 0. The van der Waals surface area contributed by atoms with Crippen LogP contribution in [0.4, 0.5) is 0 Å². The van der Waals surface area contributed by atoms with Crippen molar-refractivity contribution in [2.45, 2.75) is 25.3 Å². The van der Waals surface area contributed by atoms with Crippen LogP contribution in [0.1, 0.15) is 19.3 Å². The fourth-order valence-corrected chi connectivity index (χ4v) is 2.72. The normalized spacial score (nSPS) is 26.6. The maximum atomic E-state index is 12.2. The minimum atomic E-state index is 0. The van der Waals surface area contributed by atoms with Gasteiger partial charge in [-0.05, 0) is 45.9 Å². The molecule has 0 aromatic heterocycles. The molecule has 0 aromatic carbocycles. The molecule has 1 N–H and O–H groups in total. The van der Waals surface area contributed by atoms with Crippen molar-refractivity contribution in [3.63, 3.8) is 0 Å². The summed E-state index contributed by atoms with van der Waals surface area (Å²) in [4.78, 5) is 16.5. The van der Waals surface area contributed by atoms with E-state index in [2.05, 4.69) is 17.3 Å². The van der Waals surface area contributed by atoms with E-state index in [1.165, 1.54) is 0 Å². The molecule has 1 atom stereocenters. The number of halogens is 1. The molecule has 2 rings (SSSR count). The molecule has 1 unspecified atom stereocenters. The predicted octanol–water partition coefficient (Wildman–Crippen LogP) is 0.570. The molecule has 0 aliphatic carbocycles. The van der Waals surface area contributed by atoms with Gasteiger partial charge in [0.15, 0.2) is 0 Å². The van der Waals surface area contributed by atoms with Crippen LogP contribution in [0.15, 0.2) is 0 Å². The summed E-state index contributed by atoms with van der Waals surface area (Å²) in [5, 5.41) is 3.26. The largest absolute Gasteiger partial charge is 0.342 e. The maximum Gasteiger partial charge on any atom is 0.227 e. The van der Waals surface area contributed by atoms with Gasteiger partial charge < -0.3 is 15.1 Å². The zero-order chi connectivity index (χ0) is 11.5.